The van der Waals surface area contributed by atoms with Crippen molar-refractivity contribution in [3.8, 4) is 22.9 Å². The van der Waals surface area contributed by atoms with Crippen LogP contribution in [-0.4, -0.2) is 36.2 Å². The van der Waals surface area contributed by atoms with Gasteiger partial charge in [-0.05, 0) is 23.8 Å². The molecule has 1 aliphatic rings. The van der Waals surface area contributed by atoms with E-state index in [-0.39, 0.29) is 35.6 Å². The number of nitrogens with one attached hydrogen (secondary N) is 1. The normalized spacial score (nSPS) is 17.1. The number of benzene rings is 1. The van der Waals surface area contributed by atoms with E-state index in [0.717, 1.165) is 12.0 Å². The molecule has 2 heterocycles. The van der Waals surface area contributed by atoms with Gasteiger partial charge < -0.3 is 24.1 Å². The van der Waals surface area contributed by atoms with Gasteiger partial charge in [-0.2, -0.15) is 16.3 Å². The first kappa shape index (κ1) is 20.9. The molecule has 2 aromatic heterocycles. The lowest BCUT2D eigenvalue weighted by Crippen LogP contribution is -2.18. The topological polar surface area (TPSA) is 113 Å². The molecule has 1 N–H and O–H groups in total. The monoisotopic (exact) mass is 443 g/mol. The first-order valence-corrected chi connectivity index (χ1v) is 10.5. The lowest BCUT2D eigenvalue weighted by atomic mass is 10.1. The van der Waals surface area contributed by atoms with Crippen molar-refractivity contribution in [3.63, 3.8) is 0 Å². The van der Waals surface area contributed by atoms with Crippen molar-refractivity contribution in [1.82, 2.24) is 10.1 Å². The van der Waals surface area contributed by atoms with Gasteiger partial charge in [0, 0.05) is 29.0 Å². The molecule has 0 aliphatic heterocycles. The molecule has 162 valence electrons. The minimum Gasteiger partial charge on any atom is -0.493 e. The number of thiophene rings is 1. The van der Waals surface area contributed by atoms with Gasteiger partial charge in [-0.15, -0.1) is 0 Å². The SMILES string of the molecule is COc1cc(NC(=O)C2CC2C)c(C(=O)OCc2nc(-c3ccsc3)no2)cc1OC. The van der Waals surface area contributed by atoms with E-state index in [4.69, 9.17) is 18.7 Å². The van der Waals surface area contributed by atoms with Gasteiger partial charge in [-0.3, -0.25) is 4.79 Å². The van der Waals surface area contributed by atoms with Crippen LogP contribution in [-0.2, 0) is 16.1 Å². The van der Waals surface area contributed by atoms with Crippen LogP contribution < -0.4 is 14.8 Å². The van der Waals surface area contributed by atoms with Crippen LogP contribution in [0.4, 0.5) is 5.69 Å². The van der Waals surface area contributed by atoms with E-state index in [9.17, 15) is 9.59 Å². The molecule has 1 fully saturated rings. The number of amides is 1. The van der Waals surface area contributed by atoms with Crippen molar-refractivity contribution in [2.45, 2.75) is 20.0 Å². The average molecular weight is 443 g/mol. The van der Waals surface area contributed by atoms with Crippen molar-refractivity contribution >= 4 is 28.9 Å². The van der Waals surface area contributed by atoms with Gasteiger partial charge in [0.25, 0.3) is 5.89 Å². The van der Waals surface area contributed by atoms with Gasteiger partial charge in [0.1, 0.15) is 0 Å². The highest BCUT2D eigenvalue weighted by atomic mass is 32.1. The van der Waals surface area contributed by atoms with Gasteiger partial charge in [0.15, 0.2) is 18.1 Å². The summed E-state index contributed by atoms with van der Waals surface area (Å²) in [6.45, 7) is 1.79. The summed E-state index contributed by atoms with van der Waals surface area (Å²) in [4.78, 5) is 29.5. The number of methoxy groups -OCH3 is 2. The Morgan fingerprint density at radius 3 is 2.65 bits per heavy atom. The Hall–Kier alpha value is -3.40. The maximum atomic E-state index is 12.8. The van der Waals surface area contributed by atoms with E-state index in [2.05, 4.69) is 15.5 Å². The van der Waals surface area contributed by atoms with Gasteiger partial charge in [-0.1, -0.05) is 12.1 Å². The molecule has 0 saturated heterocycles. The number of carbonyl (C=O) groups is 2. The molecule has 2 unspecified atom stereocenters. The lowest BCUT2D eigenvalue weighted by molar-refractivity contribution is -0.117. The van der Waals surface area contributed by atoms with Crippen LogP contribution in [0.3, 0.4) is 0 Å². The predicted octanol–water partition coefficient (Wildman–Crippen LogP) is 3.77. The number of aromatic nitrogens is 2. The summed E-state index contributed by atoms with van der Waals surface area (Å²) in [5.41, 5.74) is 1.25. The maximum absolute atomic E-state index is 12.8. The fraction of sp³-hybridized carbons (Fsp3) is 0.333. The fourth-order valence-electron chi connectivity index (χ4n) is 3.09. The first-order valence-electron chi connectivity index (χ1n) is 9.59. The Balaban J connectivity index is 1.52. The second-order valence-corrected chi connectivity index (χ2v) is 7.94. The fourth-order valence-corrected chi connectivity index (χ4v) is 3.73. The molecule has 1 saturated carbocycles. The molecular formula is C21H21N3O6S. The third kappa shape index (κ3) is 4.53. The molecule has 2 atom stereocenters. The Morgan fingerprint density at radius 1 is 1.26 bits per heavy atom. The van der Waals surface area contributed by atoms with Gasteiger partial charge in [0.2, 0.25) is 11.7 Å². The molecule has 10 heteroatoms. The summed E-state index contributed by atoms with van der Waals surface area (Å²) < 4.78 is 21.1. The van der Waals surface area contributed by atoms with E-state index >= 15 is 0 Å². The van der Waals surface area contributed by atoms with Crippen LogP contribution in [0.15, 0.2) is 33.5 Å². The highest BCUT2D eigenvalue weighted by Gasteiger charge is 2.39. The number of esters is 1. The van der Waals surface area contributed by atoms with Crippen molar-refractivity contribution in [3.05, 3.63) is 40.4 Å². The minimum atomic E-state index is -0.671. The predicted molar refractivity (Wildman–Crippen MR) is 112 cm³/mol. The third-order valence-electron chi connectivity index (χ3n) is 5.02. The molecule has 0 bridgehead atoms. The summed E-state index contributed by atoms with van der Waals surface area (Å²) in [6.07, 6.45) is 0.822. The van der Waals surface area contributed by atoms with Gasteiger partial charge in [-0.25, -0.2) is 4.79 Å². The van der Waals surface area contributed by atoms with Crippen LogP contribution in [0, 0.1) is 11.8 Å². The number of hydrogen-bond acceptors (Lipinski definition) is 9. The van der Waals surface area contributed by atoms with Crippen LogP contribution in [0.2, 0.25) is 0 Å². The van der Waals surface area contributed by atoms with E-state index in [1.165, 1.54) is 31.6 Å². The van der Waals surface area contributed by atoms with Crippen LogP contribution in [0.1, 0.15) is 29.6 Å². The number of ether oxygens (including phenoxy) is 3. The van der Waals surface area contributed by atoms with Crippen molar-refractivity contribution in [2.75, 3.05) is 19.5 Å². The van der Waals surface area contributed by atoms with Crippen molar-refractivity contribution in [1.29, 1.82) is 0 Å². The highest BCUT2D eigenvalue weighted by Crippen LogP contribution is 2.40. The zero-order chi connectivity index (χ0) is 22.0. The molecule has 4 rings (SSSR count). The number of nitrogens with zero attached hydrogens (tertiary/aromatic N) is 2. The zero-order valence-electron chi connectivity index (χ0n) is 17.2. The molecular weight excluding hydrogens is 422 g/mol. The molecule has 31 heavy (non-hydrogen) atoms. The van der Waals surface area contributed by atoms with Crippen LogP contribution in [0.5, 0.6) is 11.5 Å². The van der Waals surface area contributed by atoms with Crippen LogP contribution >= 0.6 is 11.3 Å². The average Bonchev–Trinajstić information content (AvgIpc) is 3.17. The Bertz CT molecular complexity index is 1090. The second kappa shape index (κ2) is 8.76. The largest absolute Gasteiger partial charge is 0.493 e. The quantitative estimate of drug-likeness (QED) is 0.524. The summed E-state index contributed by atoms with van der Waals surface area (Å²) in [7, 11) is 2.94. The lowest BCUT2D eigenvalue weighted by Gasteiger charge is -2.15. The molecule has 3 aromatic rings. The highest BCUT2D eigenvalue weighted by molar-refractivity contribution is 7.08. The standard InChI is InChI=1S/C21H21N3O6S/c1-11-6-13(11)20(25)22-15-8-17(28-3)16(27-2)7-14(15)21(26)29-9-18-23-19(24-30-18)12-4-5-31-10-12/h4-5,7-8,10-11,13H,6,9H2,1-3H3,(H,22,25). The van der Waals surface area contributed by atoms with Gasteiger partial charge >= 0.3 is 5.97 Å². The second-order valence-electron chi connectivity index (χ2n) is 7.16. The minimum absolute atomic E-state index is 0.0640. The number of carbonyl (C=O) groups excluding carboxylic acids is 2. The van der Waals surface area contributed by atoms with Gasteiger partial charge in [0.05, 0.1) is 25.5 Å². The Labute approximate surface area is 182 Å². The molecule has 1 aliphatic carbocycles. The smallest absolute Gasteiger partial charge is 0.340 e. The molecule has 1 amide bonds. The summed E-state index contributed by atoms with van der Waals surface area (Å²) in [5, 5.41) is 10.5. The van der Waals surface area contributed by atoms with E-state index < -0.39 is 5.97 Å². The Kier molecular flexibility index (Phi) is 5.90. The molecule has 0 radical (unpaired) electrons. The van der Waals surface area contributed by atoms with E-state index in [1.54, 1.807) is 6.07 Å². The summed E-state index contributed by atoms with van der Waals surface area (Å²) in [5.74, 6) is 0.746. The number of hydrogen-bond donors (Lipinski definition) is 1. The number of rotatable bonds is 8. The summed E-state index contributed by atoms with van der Waals surface area (Å²) >= 11 is 1.51. The maximum Gasteiger partial charge on any atom is 0.340 e. The van der Waals surface area contributed by atoms with Crippen LogP contribution in [0.25, 0.3) is 11.4 Å². The van der Waals surface area contributed by atoms with Crippen molar-refractivity contribution in [2.24, 2.45) is 11.8 Å². The zero-order valence-corrected chi connectivity index (χ0v) is 18.0. The van der Waals surface area contributed by atoms with E-state index in [1.807, 2.05) is 23.8 Å². The summed E-state index contributed by atoms with van der Waals surface area (Å²) in [6, 6.07) is 4.88. The molecule has 1 aromatic carbocycles. The first-order chi connectivity index (χ1) is 15.0. The number of anilines is 1. The molecule has 0 spiro atoms. The van der Waals surface area contributed by atoms with Crippen molar-refractivity contribution < 1.29 is 28.3 Å². The van der Waals surface area contributed by atoms with E-state index in [0.29, 0.717) is 23.2 Å². The molecule has 9 nitrogen and oxygen atoms in total. The Morgan fingerprint density at radius 2 is 2.00 bits per heavy atom. The third-order valence-corrected chi connectivity index (χ3v) is 5.71.